The summed E-state index contributed by atoms with van der Waals surface area (Å²) in [4.78, 5) is 71.4. The third kappa shape index (κ3) is 38.0. The first kappa shape index (κ1) is 137. The number of nitrogens with zero attached hydrogens (tertiary/aromatic N) is 2. The molecule has 0 amide bonds. The van der Waals surface area contributed by atoms with E-state index in [1.54, 1.807) is 48.5 Å². The van der Waals surface area contributed by atoms with Crippen molar-refractivity contribution in [2.45, 2.75) is 162 Å². The maximum absolute atomic E-state index is 14.4. The number of carbonyl (C=O) groups is 6. The molecule has 0 saturated heterocycles. The quantitative estimate of drug-likeness (QED) is 0.0113. The van der Waals surface area contributed by atoms with Gasteiger partial charge in [-0.25, -0.2) is 14.4 Å². The van der Waals surface area contributed by atoms with E-state index in [9.17, 15) is 143 Å². The number of esters is 6. The lowest BCUT2D eigenvalue weighted by atomic mass is 9.86. The number of rotatable bonds is 53. The SMILES string of the molecule is C.C.C.C.C.C.C=CC(=O)OCCC(F)(F)C(F)(F)C(F)(F)C(F)(F)C(F)(F)C(F)(F)F.C=CC(=O)OCCOCCOc1ccc2cc(C#N)ccc2c1.C=CC(=O)OCCOCCOc1ccc2ccccc2c1.CCC(CC(CC(C)C(=O)OCCOCCOc1ccc2ccccc2c1)C(=O)OCCOCCOc1ccc2cc(C#N)ccc2c1)C(=O)OCCC(F)(F)C(F)(F)C(F)(F)C(F)(F)C(F)(F)C(F)(F)F. The van der Waals surface area contributed by atoms with Crippen LogP contribution in [-0.2, 0) is 76.1 Å². The van der Waals surface area contributed by atoms with Crippen LogP contribution in [0.25, 0.3) is 43.1 Å². The fourth-order valence-corrected chi connectivity index (χ4v) is 12.0. The fraction of sp³-hybridized carbons (Fsp3) is 0.460. The molecule has 0 aliphatic rings. The first-order valence-corrected chi connectivity index (χ1v) is 41.9. The van der Waals surface area contributed by atoms with E-state index < -0.39 is 171 Å². The summed E-state index contributed by atoms with van der Waals surface area (Å²) < 4.78 is 414. The number of ether oxygens (including phenoxy) is 14. The summed E-state index contributed by atoms with van der Waals surface area (Å²) >= 11 is 0. The maximum Gasteiger partial charge on any atom is 0.460 e. The first-order valence-electron chi connectivity index (χ1n) is 41.9. The Morgan fingerprint density at radius 1 is 0.291 bits per heavy atom. The molecule has 0 spiro atoms. The van der Waals surface area contributed by atoms with E-state index >= 15 is 0 Å². The molecule has 3 atom stereocenters. The zero-order valence-electron chi connectivity index (χ0n) is 74.7. The number of hydrogen-bond acceptors (Lipinski definition) is 22. The van der Waals surface area contributed by atoms with Crippen molar-refractivity contribution in [1.29, 1.82) is 10.5 Å². The Labute approximate surface area is 836 Å². The van der Waals surface area contributed by atoms with Gasteiger partial charge in [0.15, 0.2) is 0 Å². The number of nitriles is 2. The van der Waals surface area contributed by atoms with Gasteiger partial charge in [0, 0.05) is 18.2 Å². The Kier molecular flexibility index (Phi) is 57.2. The van der Waals surface area contributed by atoms with Gasteiger partial charge < -0.3 is 66.3 Å². The molecule has 826 valence electrons. The Hall–Kier alpha value is -13.0. The molecule has 22 nitrogen and oxygen atoms in total. The Morgan fingerprint density at radius 3 is 0.838 bits per heavy atom. The molecule has 8 rings (SSSR count). The molecule has 0 heterocycles. The largest absolute Gasteiger partial charge is 0.491 e. The number of hydrogen-bond donors (Lipinski definition) is 0. The monoisotopic (exact) mass is 2160 g/mol. The van der Waals surface area contributed by atoms with Crippen LogP contribution in [-0.4, -0.2) is 226 Å². The highest BCUT2D eigenvalue weighted by Crippen LogP contribution is 2.63. The van der Waals surface area contributed by atoms with Gasteiger partial charge in [-0.1, -0.05) is 163 Å². The molecule has 148 heavy (non-hydrogen) atoms. The third-order valence-corrected chi connectivity index (χ3v) is 19.8. The second kappa shape index (κ2) is 61.7. The third-order valence-electron chi connectivity index (χ3n) is 19.8. The average Bonchev–Trinajstić information content (AvgIpc) is 0.713. The highest BCUT2D eigenvalue weighted by molar-refractivity contribution is 5.88. The van der Waals surface area contributed by atoms with Crippen LogP contribution in [0.3, 0.4) is 0 Å². The molecule has 0 aromatic heterocycles. The molecule has 0 bridgehead atoms. The zero-order valence-corrected chi connectivity index (χ0v) is 74.7. The summed E-state index contributed by atoms with van der Waals surface area (Å²) in [5.74, 6) is -82.4. The summed E-state index contributed by atoms with van der Waals surface area (Å²) in [5.41, 5.74) is 1.11. The molecule has 48 heteroatoms. The van der Waals surface area contributed by atoms with Crippen molar-refractivity contribution >= 4 is 78.9 Å². The van der Waals surface area contributed by atoms with Gasteiger partial charge in [0.2, 0.25) is 0 Å². The van der Waals surface area contributed by atoms with Gasteiger partial charge in [0.25, 0.3) is 0 Å². The fourth-order valence-electron chi connectivity index (χ4n) is 12.0. The normalized spacial score (nSPS) is 12.5. The molecular weight excluding hydrogens is 2040 g/mol. The smallest absolute Gasteiger partial charge is 0.460 e. The van der Waals surface area contributed by atoms with Crippen LogP contribution in [0.4, 0.5) is 114 Å². The maximum atomic E-state index is 14.4. The van der Waals surface area contributed by atoms with Crippen LogP contribution in [0.2, 0.25) is 0 Å². The van der Waals surface area contributed by atoms with Gasteiger partial charge in [0.1, 0.15) is 75.9 Å². The van der Waals surface area contributed by atoms with Crippen molar-refractivity contribution in [3.8, 4) is 35.1 Å². The molecule has 0 radical (unpaired) electrons. The lowest BCUT2D eigenvalue weighted by molar-refractivity contribution is -0.440. The molecule has 0 N–H and O–H groups in total. The van der Waals surface area contributed by atoms with Crippen molar-refractivity contribution in [3.05, 3.63) is 207 Å². The van der Waals surface area contributed by atoms with E-state index in [1.165, 1.54) is 19.2 Å². The van der Waals surface area contributed by atoms with Crippen LogP contribution < -0.4 is 18.9 Å². The van der Waals surface area contributed by atoms with Gasteiger partial charge in [-0.3, -0.25) is 14.4 Å². The number of alkyl halides is 26. The Morgan fingerprint density at radius 2 is 0.534 bits per heavy atom. The van der Waals surface area contributed by atoms with Crippen molar-refractivity contribution in [3.63, 3.8) is 0 Å². The Balaban J connectivity index is 0. The minimum Gasteiger partial charge on any atom is -0.491 e. The molecule has 0 saturated carbocycles. The molecule has 0 fully saturated rings. The second-order valence-electron chi connectivity index (χ2n) is 29.8. The van der Waals surface area contributed by atoms with Gasteiger partial charge in [-0.2, -0.15) is 125 Å². The minimum atomic E-state index is -8.09. The van der Waals surface area contributed by atoms with Crippen molar-refractivity contribution in [2.75, 3.05) is 119 Å². The van der Waals surface area contributed by atoms with E-state index in [1.807, 2.05) is 109 Å². The summed E-state index contributed by atoms with van der Waals surface area (Å²) in [6.07, 6.45) is -19.1. The topological polar surface area (TPSA) is 279 Å². The molecule has 3 unspecified atom stereocenters. The summed E-state index contributed by atoms with van der Waals surface area (Å²) in [6.45, 7) is 10.4. The molecule has 8 aromatic rings. The van der Waals surface area contributed by atoms with Crippen LogP contribution in [0, 0.1) is 40.4 Å². The summed E-state index contributed by atoms with van der Waals surface area (Å²) in [5, 5.41) is 25.9. The average molecular weight is 2160 g/mol. The second-order valence-corrected chi connectivity index (χ2v) is 29.8. The zero-order chi connectivity index (χ0) is 106. The summed E-state index contributed by atoms with van der Waals surface area (Å²) in [7, 11) is 0. The van der Waals surface area contributed by atoms with Crippen molar-refractivity contribution in [1.82, 2.24) is 0 Å². The lowest BCUT2D eigenvalue weighted by Gasteiger charge is -2.39. The number of halogens is 26. The summed E-state index contributed by atoms with van der Waals surface area (Å²) in [6, 6.07) is 52.9. The Bertz CT molecular complexity index is 5580. The predicted molar refractivity (Wildman–Crippen MR) is 494 cm³/mol. The van der Waals surface area contributed by atoms with E-state index in [4.69, 9.17) is 67.4 Å². The molecule has 8 aromatic carbocycles. The van der Waals surface area contributed by atoms with Gasteiger partial charge in [-0.15, -0.1) is 0 Å². The molecule has 0 aliphatic carbocycles. The molecule has 0 aliphatic heterocycles. The highest BCUT2D eigenvalue weighted by atomic mass is 19.4. The first-order chi connectivity index (χ1) is 66.4. The number of carbonyl (C=O) groups excluding carboxylic acids is 6. The van der Waals surface area contributed by atoms with Gasteiger partial charge in [-0.05, 0) is 135 Å². The van der Waals surface area contributed by atoms with Crippen molar-refractivity contribution < 1.29 is 209 Å². The van der Waals surface area contributed by atoms with Crippen LogP contribution in [0.15, 0.2) is 196 Å². The van der Waals surface area contributed by atoms with Gasteiger partial charge in [0.05, 0.1) is 120 Å². The van der Waals surface area contributed by atoms with E-state index in [0.717, 1.165) is 61.4 Å². The van der Waals surface area contributed by atoms with E-state index in [-0.39, 0.29) is 110 Å². The highest BCUT2D eigenvalue weighted by Gasteiger charge is 2.92. The lowest BCUT2D eigenvalue weighted by Crippen LogP contribution is -2.70. The van der Waals surface area contributed by atoms with E-state index in [0.29, 0.717) is 68.3 Å². The van der Waals surface area contributed by atoms with Crippen LogP contribution in [0.1, 0.15) is 102 Å². The minimum absolute atomic E-state index is 0. The number of benzene rings is 8. The number of fused-ring (bicyclic) bond motifs is 4. The van der Waals surface area contributed by atoms with E-state index in [2.05, 4.69) is 41.3 Å². The van der Waals surface area contributed by atoms with Crippen LogP contribution in [0.5, 0.6) is 23.0 Å². The van der Waals surface area contributed by atoms with Crippen LogP contribution >= 0.6 is 0 Å². The molecular formula is C100H114F26N2O20. The van der Waals surface area contributed by atoms with Crippen molar-refractivity contribution in [2.24, 2.45) is 17.8 Å². The predicted octanol–water partition coefficient (Wildman–Crippen LogP) is 25.6. The van der Waals surface area contributed by atoms with Gasteiger partial charge >= 0.3 is 107 Å². The standard InChI is InChI=1S/C48H48F13NO10.C18H17NO4.C17H18O4.C11H7F13O2.6CH4/c1-3-32(41(64)70-15-14-43(49,50)44(51,52)45(53,54)46(55,56)47(57,58)48(59,60)61)26-37(42(65)72-23-19-67-17-21-69-39-13-11-35-25-31(29-62)8-9-36(35)28-39)24-30(2)40(63)71-22-18-66-16-20-68-38-12-10-33-6-4-5-7-34(33)27-38;1-2-18(20)23-10-8-21-7-9-22-17-6-5-15-11-14(13-19)3-4-16(15)12-17;1-2-17(18)21-12-10-19-9-11-20-16-8-7-14-5-3-4-6-15(14)13-16;1-2-5(25)26-4-3-6(12,13)7(14,15)8(16,17)9(18,19)10(20,21)11(22,23)24;;;;;;/h4-13,25,27-28,30,32,37H,3,14-24,26H2,1-2H3;2-6,11-12H,1,7-10H2;2-8,13H,1,9-12H2;2H,1,3-4H2;6*1H4.